The zero-order valence-electron chi connectivity index (χ0n) is 10.8. The molecule has 4 heteroatoms. The molecule has 0 saturated carbocycles. The van der Waals surface area contributed by atoms with Crippen molar-refractivity contribution in [1.29, 1.82) is 0 Å². The number of hydrogen-bond acceptors (Lipinski definition) is 2. The van der Waals surface area contributed by atoms with Crippen molar-refractivity contribution in [1.82, 2.24) is 0 Å². The Labute approximate surface area is 100 Å². The van der Waals surface area contributed by atoms with Gasteiger partial charge in [-0.3, -0.25) is 4.55 Å². The van der Waals surface area contributed by atoms with Gasteiger partial charge in [0.25, 0.3) is 10.1 Å². The fourth-order valence-electron chi connectivity index (χ4n) is 2.02. The average Bonchev–Trinajstić information content (AvgIpc) is 2.21. The van der Waals surface area contributed by atoms with Crippen molar-refractivity contribution in [3.05, 3.63) is 0 Å². The Morgan fingerprint density at radius 1 is 1.06 bits per heavy atom. The Morgan fingerprint density at radius 3 is 2.06 bits per heavy atom. The van der Waals surface area contributed by atoms with E-state index in [1.165, 1.54) is 25.7 Å². The molecular weight excluding hydrogens is 224 g/mol. The molecule has 0 aromatic heterocycles. The standard InChI is InChI=1S/C12H26O3S/c1-4-6-7-8-9-10-12(5-2)11(3)16(13,14)15/h11-12H,4-10H2,1-3H3,(H,13,14,15). The summed E-state index contributed by atoms with van der Waals surface area (Å²) in [5.74, 6) is 0.0941. The molecule has 0 aromatic rings. The molecule has 0 spiro atoms. The van der Waals surface area contributed by atoms with E-state index in [1.54, 1.807) is 6.92 Å². The minimum absolute atomic E-state index is 0.0941. The molecule has 0 bridgehead atoms. The topological polar surface area (TPSA) is 54.4 Å². The van der Waals surface area contributed by atoms with E-state index in [0.717, 1.165) is 19.3 Å². The van der Waals surface area contributed by atoms with Crippen molar-refractivity contribution < 1.29 is 13.0 Å². The van der Waals surface area contributed by atoms with Gasteiger partial charge in [-0.15, -0.1) is 0 Å². The van der Waals surface area contributed by atoms with Crippen molar-refractivity contribution in [2.24, 2.45) is 5.92 Å². The quantitative estimate of drug-likeness (QED) is 0.502. The maximum absolute atomic E-state index is 11.0. The molecule has 98 valence electrons. The highest BCUT2D eigenvalue weighted by atomic mass is 32.2. The van der Waals surface area contributed by atoms with Crippen LogP contribution in [-0.4, -0.2) is 18.2 Å². The van der Waals surface area contributed by atoms with Crippen molar-refractivity contribution in [3.63, 3.8) is 0 Å². The second-order valence-corrected chi connectivity index (χ2v) is 6.36. The van der Waals surface area contributed by atoms with E-state index >= 15 is 0 Å². The van der Waals surface area contributed by atoms with Crippen LogP contribution in [0.1, 0.15) is 65.7 Å². The van der Waals surface area contributed by atoms with Gasteiger partial charge in [0, 0.05) is 0 Å². The third-order valence-electron chi connectivity index (χ3n) is 3.34. The Kier molecular flexibility index (Phi) is 8.02. The van der Waals surface area contributed by atoms with Crippen LogP contribution in [0.3, 0.4) is 0 Å². The van der Waals surface area contributed by atoms with E-state index in [0.29, 0.717) is 0 Å². The van der Waals surface area contributed by atoms with Crippen molar-refractivity contribution in [2.45, 2.75) is 71.0 Å². The normalized spacial score (nSPS) is 16.0. The summed E-state index contributed by atoms with van der Waals surface area (Å²) in [6.07, 6.45) is 7.66. The summed E-state index contributed by atoms with van der Waals surface area (Å²) < 4.78 is 31.0. The number of rotatable bonds is 9. The van der Waals surface area contributed by atoms with Crippen molar-refractivity contribution >= 4 is 10.1 Å². The highest BCUT2D eigenvalue weighted by Gasteiger charge is 2.25. The predicted octanol–water partition coefficient (Wildman–Crippen LogP) is 3.65. The fraction of sp³-hybridized carbons (Fsp3) is 1.00. The Balaban J connectivity index is 3.93. The maximum Gasteiger partial charge on any atom is 0.267 e. The van der Waals surface area contributed by atoms with Gasteiger partial charge in [-0.25, -0.2) is 0 Å². The fourth-order valence-corrected chi connectivity index (χ4v) is 2.84. The molecule has 2 unspecified atom stereocenters. The van der Waals surface area contributed by atoms with Gasteiger partial charge in [0.2, 0.25) is 0 Å². The van der Waals surface area contributed by atoms with E-state index in [2.05, 4.69) is 6.92 Å². The van der Waals surface area contributed by atoms with Crippen LogP contribution < -0.4 is 0 Å². The highest BCUT2D eigenvalue weighted by molar-refractivity contribution is 7.86. The smallest absolute Gasteiger partial charge is 0.267 e. The molecule has 1 N–H and O–H groups in total. The number of unbranched alkanes of at least 4 members (excludes halogenated alkanes) is 4. The van der Waals surface area contributed by atoms with E-state index < -0.39 is 15.4 Å². The molecule has 2 atom stereocenters. The van der Waals surface area contributed by atoms with E-state index in [1.807, 2.05) is 6.92 Å². The molecular formula is C12H26O3S. The lowest BCUT2D eigenvalue weighted by Crippen LogP contribution is -2.26. The van der Waals surface area contributed by atoms with Crippen LogP contribution in [0, 0.1) is 5.92 Å². The Hall–Kier alpha value is -0.0900. The monoisotopic (exact) mass is 250 g/mol. The van der Waals surface area contributed by atoms with Gasteiger partial charge in [-0.05, 0) is 19.3 Å². The van der Waals surface area contributed by atoms with Gasteiger partial charge in [0.15, 0.2) is 0 Å². The van der Waals surface area contributed by atoms with Gasteiger partial charge in [-0.2, -0.15) is 8.42 Å². The summed E-state index contributed by atoms with van der Waals surface area (Å²) in [4.78, 5) is 0. The molecule has 0 aromatic carbocycles. The van der Waals surface area contributed by atoms with Crippen molar-refractivity contribution in [2.75, 3.05) is 0 Å². The zero-order chi connectivity index (χ0) is 12.6. The summed E-state index contributed by atoms with van der Waals surface area (Å²) in [5, 5.41) is -0.622. The Morgan fingerprint density at radius 2 is 1.62 bits per heavy atom. The molecule has 0 heterocycles. The molecule has 0 amide bonds. The van der Waals surface area contributed by atoms with Gasteiger partial charge >= 0.3 is 0 Å². The minimum Gasteiger partial charge on any atom is -0.285 e. The molecule has 0 aliphatic carbocycles. The molecule has 0 fully saturated rings. The third-order valence-corrected chi connectivity index (χ3v) is 4.66. The van der Waals surface area contributed by atoms with E-state index in [-0.39, 0.29) is 5.92 Å². The summed E-state index contributed by atoms with van der Waals surface area (Å²) >= 11 is 0. The minimum atomic E-state index is -3.86. The second-order valence-electron chi connectivity index (χ2n) is 4.59. The first-order valence-corrected chi connectivity index (χ1v) is 7.90. The van der Waals surface area contributed by atoms with Gasteiger partial charge in [0.05, 0.1) is 5.25 Å². The SMILES string of the molecule is CCCCCCCC(CC)C(C)S(=O)(=O)O. The van der Waals surface area contributed by atoms with Crippen LogP contribution in [0.4, 0.5) is 0 Å². The van der Waals surface area contributed by atoms with Crippen molar-refractivity contribution in [3.8, 4) is 0 Å². The average molecular weight is 250 g/mol. The molecule has 0 aliphatic heterocycles. The molecule has 0 radical (unpaired) electrons. The first-order chi connectivity index (χ1) is 7.43. The summed E-state index contributed by atoms with van der Waals surface area (Å²) in [6, 6.07) is 0. The van der Waals surface area contributed by atoms with E-state index in [4.69, 9.17) is 4.55 Å². The lowest BCUT2D eigenvalue weighted by atomic mass is 9.95. The Bertz CT molecular complexity index is 259. The largest absolute Gasteiger partial charge is 0.285 e. The van der Waals surface area contributed by atoms with Crippen LogP contribution in [0.15, 0.2) is 0 Å². The van der Waals surface area contributed by atoms with Gasteiger partial charge in [-0.1, -0.05) is 52.4 Å². The summed E-state index contributed by atoms with van der Waals surface area (Å²) in [6.45, 7) is 5.77. The molecule has 3 nitrogen and oxygen atoms in total. The first kappa shape index (κ1) is 15.9. The zero-order valence-corrected chi connectivity index (χ0v) is 11.6. The third kappa shape index (κ3) is 6.48. The molecule has 0 rings (SSSR count). The van der Waals surface area contributed by atoms with Crippen LogP contribution in [0.2, 0.25) is 0 Å². The number of hydrogen-bond donors (Lipinski definition) is 1. The second kappa shape index (κ2) is 8.07. The lowest BCUT2D eigenvalue weighted by Gasteiger charge is -2.19. The molecule has 0 saturated heterocycles. The van der Waals surface area contributed by atoms with Crippen LogP contribution in [-0.2, 0) is 10.1 Å². The van der Waals surface area contributed by atoms with Gasteiger partial charge < -0.3 is 0 Å². The van der Waals surface area contributed by atoms with Crippen LogP contribution in [0.25, 0.3) is 0 Å². The van der Waals surface area contributed by atoms with Crippen LogP contribution in [0.5, 0.6) is 0 Å². The lowest BCUT2D eigenvalue weighted by molar-refractivity contribution is 0.392. The molecule has 16 heavy (non-hydrogen) atoms. The van der Waals surface area contributed by atoms with Gasteiger partial charge in [0.1, 0.15) is 0 Å². The van der Waals surface area contributed by atoms with Crippen LogP contribution >= 0.6 is 0 Å². The highest BCUT2D eigenvalue weighted by Crippen LogP contribution is 2.22. The first-order valence-electron chi connectivity index (χ1n) is 6.39. The predicted molar refractivity (Wildman–Crippen MR) is 68.2 cm³/mol. The molecule has 0 aliphatic rings. The van der Waals surface area contributed by atoms with E-state index in [9.17, 15) is 8.42 Å². The summed E-state index contributed by atoms with van der Waals surface area (Å²) in [7, 11) is -3.86. The summed E-state index contributed by atoms with van der Waals surface area (Å²) in [5.41, 5.74) is 0. The maximum atomic E-state index is 11.0.